The van der Waals surface area contributed by atoms with E-state index in [-0.39, 0.29) is 11.6 Å². The van der Waals surface area contributed by atoms with Gasteiger partial charge in [0.05, 0.1) is 17.2 Å². The molecule has 0 spiro atoms. The van der Waals surface area contributed by atoms with Crippen molar-refractivity contribution in [2.24, 2.45) is 0 Å². The SMILES string of the molecule is Cc1c(C(=O)N2Cc3cncnc3C2)cccc1[N+](=O)[O-]. The Labute approximate surface area is 120 Å². The lowest BCUT2D eigenvalue weighted by atomic mass is 10.1. The van der Waals surface area contributed by atoms with Gasteiger partial charge in [0.15, 0.2) is 0 Å². The van der Waals surface area contributed by atoms with Gasteiger partial charge in [0.1, 0.15) is 6.33 Å². The molecule has 0 fully saturated rings. The first-order chi connectivity index (χ1) is 10.1. The molecule has 1 aromatic heterocycles. The molecule has 0 saturated heterocycles. The second kappa shape index (κ2) is 4.93. The number of amides is 1. The summed E-state index contributed by atoms with van der Waals surface area (Å²) in [6.45, 7) is 2.42. The molecule has 0 unspecified atom stereocenters. The molecule has 1 aromatic carbocycles. The minimum absolute atomic E-state index is 0.0441. The van der Waals surface area contributed by atoms with Gasteiger partial charge in [-0.2, -0.15) is 0 Å². The van der Waals surface area contributed by atoms with Crippen molar-refractivity contribution < 1.29 is 9.72 Å². The number of nitro benzene ring substituents is 1. The summed E-state index contributed by atoms with van der Waals surface area (Å²) >= 11 is 0. The number of hydrogen-bond donors (Lipinski definition) is 0. The number of benzene rings is 1. The van der Waals surface area contributed by atoms with Crippen molar-refractivity contribution in [1.29, 1.82) is 0 Å². The van der Waals surface area contributed by atoms with Gasteiger partial charge in [0.25, 0.3) is 11.6 Å². The Morgan fingerprint density at radius 2 is 2.19 bits per heavy atom. The lowest BCUT2D eigenvalue weighted by molar-refractivity contribution is -0.385. The molecule has 1 aliphatic heterocycles. The molecule has 0 saturated carbocycles. The van der Waals surface area contributed by atoms with Crippen LogP contribution in [0.1, 0.15) is 27.2 Å². The molecule has 7 heteroatoms. The number of hydrogen-bond acceptors (Lipinski definition) is 5. The van der Waals surface area contributed by atoms with Crippen LogP contribution in [-0.2, 0) is 13.1 Å². The summed E-state index contributed by atoms with van der Waals surface area (Å²) in [5, 5.41) is 11.0. The summed E-state index contributed by atoms with van der Waals surface area (Å²) in [7, 11) is 0. The van der Waals surface area contributed by atoms with Gasteiger partial charge in [0, 0.05) is 35.5 Å². The van der Waals surface area contributed by atoms with E-state index in [0.29, 0.717) is 24.2 Å². The molecule has 2 aromatic rings. The van der Waals surface area contributed by atoms with Gasteiger partial charge in [-0.25, -0.2) is 9.97 Å². The smallest absolute Gasteiger partial charge is 0.273 e. The maximum atomic E-state index is 12.6. The Hall–Kier alpha value is -2.83. The third-order valence-corrected chi connectivity index (χ3v) is 3.60. The van der Waals surface area contributed by atoms with E-state index in [2.05, 4.69) is 9.97 Å². The van der Waals surface area contributed by atoms with E-state index >= 15 is 0 Å². The van der Waals surface area contributed by atoms with E-state index in [4.69, 9.17) is 0 Å². The lowest BCUT2D eigenvalue weighted by Crippen LogP contribution is -2.26. The molecule has 0 radical (unpaired) electrons. The summed E-state index contributed by atoms with van der Waals surface area (Å²) in [4.78, 5) is 32.7. The maximum absolute atomic E-state index is 12.6. The predicted octanol–water partition coefficient (Wildman–Crippen LogP) is 1.85. The minimum Gasteiger partial charge on any atom is -0.328 e. The summed E-state index contributed by atoms with van der Waals surface area (Å²) < 4.78 is 0. The van der Waals surface area contributed by atoms with Crippen LogP contribution in [0.3, 0.4) is 0 Å². The highest BCUT2D eigenvalue weighted by molar-refractivity contribution is 5.96. The first kappa shape index (κ1) is 13.2. The molecule has 2 heterocycles. The maximum Gasteiger partial charge on any atom is 0.273 e. The van der Waals surface area contributed by atoms with Gasteiger partial charge in [-0.05, 0) is 13.0 Å². The zero-order valence-electron chi connectivity index (χ0n) is 11.3. The molecule has 0 bridgehead atoms. The van der Waals surface area contributed by atoms with Crippen LogP contribution < -0.4 is 0 Å². The fourth-order valence-electron chi connectivity index (χ4n) is 2.47. The molecule has 3 rings (SSSR count). The van der Waals surface area contributed by atoms with E-state index in [1.54, 1.807) is 24.1 Å². The van der Waals surface area contributed by atoms with Crippen LogP contribution in [0.25, 0.3) is 0 Å². The highest BCUT2D eigenvalue weighted by atomic mass is 16.6. The molecule has 0 atom stereocenters. The van der Waals surface area contributed by atoms with Crippen molar-refractivity contribution in [3.8, 4) is 0 Å². The van der Waals surface area contributed by atoms with Gasteiger partial charge >= 0.3 is 0 Å². The highest BCUT2D eigenvalue weighted by Gasteiger charge is 2.27. The molecule has 106 valence electrons. The van der Waals surface area contributed by atoms with Crippen LogP contribution in [-0.4, -0.2) is 25.7 Å². The minimum atomic E-state index is -0.476. The second-order valence-corrected chi connectivity index (χ2v) is 4.86. The molecule has 1 amide bonds. The average Bonchev–Trinajstić information content (AvgIpc) is 2.90. The third kappa shape index (κ3) is 2.22. The van der Waals surface area contributed by atoms with Crippen LogP contribution in [0.2, 0.25) is 0 Å². The summed E-state index contributed by atoms with van der Waals surface area (Å²) in [5.74, 6) is -0.228. The van der Waals surface area contributed by atoms with Crippen molar-refractivity contribution >= 4 is 11.6 Å². The number of nitro groups is 1. The van der Waals surface area contributed by atoms with Gasteiger partial charge in [-0.1, -0.05) is 6.07 Å². The Kier molecular flexibility index (Phi) is 3.09. The normalized spacial score (nSPS) is 13.1. The molecular weight excluding hydrogens is 272 g/mol. The van der Waals surface area contributed by atoms with E-state index < -0.39 is 4.92 Å². The average molecular weight is 284 g/mol. The summed E-state index contributed by atoms with van der Waals surface area (Å²) in [6, 6.07) is 4.54. The van der Waals surface area contributed by atoms with Gasteiger partial charge in [-0.15, -0.1) is 0 Å². The molecule has 7 nitrogen and oxygen atoms in total. The number of carbonyl (C=O) groups excluding carboxylic acids is 1. The van der Waals surface area contributed by atoms with E-state index in [1.165, 1.54) is 18.5 Å². The summed E-state index contributed by atoms with van der Waals surface area (Å²) in [6.07, 6.45) is 3.14. The van der Waals surface area contributed by atoms with Crippen molar-refractivity contribution in [1.82, 2.24) is 14.9 Å². The Morgan fingerprint density at radius 3 is 2.90 bits per heavy atom. The van der Waals surface area contributed by atoms with Crippen molar-refractivity contribution in [2.75, 3.05) is 0 Å². The van der Waals surface area contributed by atoms with E-state index in [1.807, 2.05) is 0 Å². The van der Waals surface area contributed by atoms with Crippen LogP contribution in [0.15, 0.2) is 30.7 Å². The predicted molar refractivity (Wildman–Crippen MR) is 73.4 cm³/mol. The topological polar surface area (TPSA) is 89.2 Å². The standard InChI is InChI=1S/C14H12N4O3/c1-9-11(3-2-4-13(9)18(20)21)14(19)17-6-10-5-15-8-16-12(10)7-17/h2-5,8H,6-7H2,1H3. The van der Waals surface area contributed by atoms with Gasteiger partial charge in [0.2, 0.25) is 0 Å². The zero-order chi connectivity index (χ0) is 15.0. The number of fused-ring (bicyclic) bond motifs is 1. The van der Waals surface area contributed by atoms with Crippen molar-refractivity contribution in [3.63, 3.8) is 0 Å². The molecular formula is C14H12N4O3. The third-order valence-electron chi connectivity index (χ3n) is 3.60. The quantitative estimate of drug-likeness (QED) is 0.620. The van der Waals surface area contributed by atoms with Crippen molar-refractivity contribution in [3.05, 3.63) is 63.2 Å². The molecule has 1 aliphatic rings. The molecule has 0 N–H and O–H groups in total. The fourth-order valence-corrected chi connectivity index (χ4v) is 2.47. The summed E-state index contributed by atoms with van der Waals surface area (Å²) in [5.41, 5.74) is 2.42. The first-order valence-electron chi connectivity index (χ1n) is 6.39. The monoisotopic (exact) mass is 284 g/mol. The van der Waals surface area contributed by atoms with E-state index in [9.17, 15) is 14.9 Å². The number of carbonyl (C=O) groups is 1. The van der Waals surface area contributed by atoms with Gasteiger partial charge in [-0.3, -0.25) is 14.9 Å². The molecule has 21 heavy (non-hydrogen) atoms. The number of aromatic nitrogens is 2. The van der Waals surface area contributed by atoms with Crippen LogP contribution >= 0.6 is 0 Å². The van der Waals surface area contributed by atoms with E-state index in [0.717, 1.165) is 11.3 Å². The Balaban J connectivity index is 1.91. The Morgan fingerprint density at radius 1 is 1.38 bits per heavy atom. The number of rotatable bonds is 2. The highest BCUT2D eigenvalue weighted by Crippen LogP contribution is 2.26. The van der Waals surface area contributed by atoms with Gasteiger partial charge < -0.3 is 4.90 Å². The Bertz CT molecular complexity index is 720. The van der Waals surface area contributed by atoms with Crippen LogP contribution in [0, 0.1) is 17.0 Å². The second-order valence-electron chi connectivity index (χ2n) is 4.86. The van der Waals surface area contributed by atoms with Crippen molar-refractivity contribution in [2.45, 2.75) is 20.0 Å². The largest absolute Gasteiger partial charge is 0.328 e. The first-order valence-corrected chi connectivity index (χ1v) is 6.39. The number of nitrogens with zero attached hydrogens (tertiary/aromatic N) is 4. The lowest BCUT2D eigenvalue weighted by Gasteiger charge is -2.16. The van der Waals surface area contributed by atoms with Crippen LogP contribution in [0.4, 0.5) is 5.69 Å². The fraction of sp³-hybridized carbons (Fsp3) is 0.214. The molecule has 0 aliphatic carbocycles. The van der Waals surface area contributed by atoms with Crippen LogP contribution in [0.5, 0.6) is 0 Å². The zero-order valence-corrected chi connectivity index (χ0v) is 11.3.